The second kappa shape index (κ2) is 7.94. The molecule has 4 rings (SSSR count). The van der Waals surface area contributed by atoms with E-state index in [1.165, 1.54) is 0 Å². The second-order valence-electron chi connectivity index (χ2n) is 7.22. The lowest BCUT2D eigenvalue weighted by molar-refractivity contribution is 0.0697. The molecule has 1 atom stereocenters. The summed E-state index contributed by atoms with van der Waals surface area (Å²) in [6.07, 6.45) is 4.07. The Morgan fingerprint density at radius 2 is 2.11 bits per heavy atom. The second-order valence-corrected chi connectivity index (χ2v) is 7.22. The summed E-state index contributed by atoms with van der Waals surface area (Å²) in [4.78, 5) is 22.6. The standard InChI is InChI=1S/C22H23N3O3/c1-15-23-11-10-20(24-15)16-5-4-12-25(13-16)14-17-8-9-21(28-17)18-6-2-3-7-19(18)22(26)27/h2-3,6-11,16H,4-5,12-14H2,1H3,(H,26,27). The molecule has 1 unspecified atom stereocenters. The lowest BCUT2D eigenvalue weighted by Crippen LogP contribution is -2.34. The number of aryl methyl sites for hydroxylation is 1. The first-order chi connectivity index (χ1) is 13.6. The van der Waals surface area contributed by atoms with Crippen LogP contribution in [0.5, 0.6) is 0 Å². The number of carboxylic acid groups (broad SMARTS) is 1. The maximum Gasteiger partial charge on any atom is 0.336 e. The maximum absolute atomic E-state index is 11.5. The minimum atomic E-state index is -0.951. The molecule has 6 heteroatoms. The van der Waals surface area contributed by atoms with Crippen molar-refractivity contribution in [1.29, 1.82) is 0 Å². The van der Waals surface area contributed by atoms with Gasteiger partial charge in [-0.2, -0.15) is 0 Å². The lowest BCUT2D eigenvalue weighted by Gasteiger charge is -2.31. The van der Waals surface area contributed by atoms with Gasteiger partial charge in [0.1, 0.15) is 17.3 Å². The van der Waals surface area contributed by atoms with Gasteiger partial charge in [0.15, 0.2) is 0 Å². The number of aromatic carboxylic acids is 1. The molecule has 0 spiro atoms. The fraction of sp³-hybridized carbons (Fsp3) is 0.318. The Morgan fingerprint density at radius 1 is 1.25 bits per heavy atom. The Balaban J connectivity index is 1.48. The summed E-state index contributed by atoms with van der Waals surface area (Å²) in [6, 6.07) is 12.7. The van der Waals surface area contributed by atoms with Crippen molar-refractivity contribution in [2.45, 2.75) is 32.2 Å². The molecule has 1 fully saturated rings. The summed E-state index contributed by atoms with van der Waals surface area (Å²) in [6.45, 7) is 4.57. The molecule has 0 bridgehead atoms. The molecule has 1 N–H and O–H groups in total. The van der Waals surface area contributed by atoms with Crippen LogP contribution in [0, 0.1) is 6.92 Å². The zero-order valence-corrected chi connectivity index (χ0v) is 15.8. The number of hydrogen-bond donors (Lipinski definition) is 1. The fourth-order valence-corrected chi connectivity index (χ4v) is 3.85. The molecule has 0 amide bonds. The van der Waals surface area contributed by atoms with Crippen LogP contribution >= 0.6 is 0 Å². The summed E-state index contributed by atoms with van der Waals surface area (Å²) in [5.74, 6) is 1.69. The first-order valence-corrected chi connectivity index (χ1v) is 9.53. The van der Waals surface area contributed by atoms with Crippen LogP contribution in [0.3, 0.4) is 0 Å². The van der Waals surface area contributed by atoms with Gasteiger partial charge in [-0.15, -0.1) is 0 Å². The van der Waals surface area contributed by atoms with Gasteiger partial charge in [0.05, 0.1) is 12.1 Å². The van der Waals surface area contributed by atoms with Crippen molar-refractivity contribution in [3.63, 3.8) is 0 Å². The van der Waals surface area contributed by atoms with Gasteiger partial charge >= 0.3 is 5.97 Å². The van der Waals surface area contributed by atoms with Gasteiger partial charge in [-0.3, -0.25) is 4.90 Å². The summed E-state index contributed by atoms with van der Waals surface area (Å²) < 4.78 is 5.99. The zero-order chi connectivity index (χ0) is 19.5. The Labute approximate surface area is 163 Å². The van der Waals surface area contributed by atoms with E-state index in [1.54, 1.807) is 18.2 Å². The number of benzene rings is 1. The lowest BCUT2D eigenvalue weighted by atomic mass is 9.94. The molecule has 144 valence electrons. The molecule has 0 saturated carbocycles. The summed E-state index contributed by atoms with van der Waals surface area (Å²) >= 11 is 0. The largest absolute Gasteiger partial charge is 0.478 e. The third kappa shape index (κ3) is 3.97. The third-order valence-electron chi connectivity index (χ3n) is 5.19. The van der Waals surface area contributed by atoms with Crippen LogP contribution in [-0.4, -0.2) is 39.0 Å². The molecule has 0 aliphatic carbocycles. The first-order valence-electron chi connectivity index (χ1n) is 9.53. The molecule has 1 aliphatic rings. The zero-order valence-electron chi connectivity index (χ0n) is 15.8. The number of likely N-dealkylation sites (tertiary alicyclic amines) is 1. The average molecular weight is 377 g/mol. The van der Waals surface area contributed by atoms with E-state index in [1.807, 2.05) is 37.4 Å². The highest BCUT2D eigenvalue weighted by Crippen LogP contribution is 2.29. The topological polar surface area (TPSA) is 79.5 Å². The molecule has 3 aromatic rings. The average Bonchev–Trinajstić information content (AvgIpc) is 3.16. The molecular weight excluding hydrogens is 354 g/mol. The summed E-state index contributed by atoms with van der Waals surface area (Å²) in [5.41, 5.74) is 1.96. The number of furan rings is 1. The van der Waals surface area contributed by atoms with E-state index in [2.05, 4.69) is 14.9 Å². The van der Waals surface area contributed by atoms with Crippen LogP contribution in [0.25, 0.3) is 11.3 Å². The molecule has 1 aromatic carbocycles. The van der Waals surface area contributed by atoms with E-state index < -0.39 is 5.97 Å². The SMILES string of the molecule is Cc1nccc(C2CCCN(Cc3ccc(-c4ccccc4C(=O)O)o3)C2)n1. The van der Waals surface area contributed by atoms with E-state index in [0.717, 1.165) is 43.2 Å². The van der Waals surface area contributed by atoms with Crippen LogP contribution in [0.1, 0.15) is 46.4 Å². The van der Waals surface area contributed by atoms with Gasteiger partial charge in [-0.25, -0.2) is 14.8 Å². The minimum absolute atomic E-state index is 0.251. The van der Waals surface area contributed by atoms with E-state index in [9.17, 15) is 9.90 Å². The van der Waals surface area contributed by atoms with Crippen LogP contribution in [0.2, 0.25) is 0 Å². The molecule has 3 heterocycles. The minimum Gasteiger partial charge on any atom is -0.478 e. The highest BCUT2D eigenvalue weighted by Gasteiger charge is 2.23. The fourth-order valence-electron chi connectivity index (χ4n) is 3.85. The van der Waals surface area contributed by atoms with Gasteiger partial charge < -0.3 is 9.52 Å². The monoisotopic (exact) mass is 377 g/mol. The molecule has 0 radical (unpaired) electrons. The predicted octanol–water partition coefficient (Wildman–Crippen LogP) is 4.12. The third-order valence-corrected chi connectivity index (χ3v) is 5.19. The molecule has 1 saturated heterocycles. The first kappa shape index (κ1) is 18.4. The van der Waals surface area contributed by atoms with Crippen molar-refractivity contribution in [2.75, 3.05) is 13.1 Å². The van der Waals surface area contributed by atoms with Gasteiger partial charge in [-0.1, -0.05) is 18.2 Å². The van der Waals surface area contributed by atoms with Crippen molar-refractivity contribution in [1.82, 2.24) is 14.9 Å². The van der Waals surface area contributed by atoms with Crippen LogP contribution < -0.4 is 0 Å². The number of carboxylic acids is 1. The number of nitrogens with zero attached hydrogens (tertiary/aromatic N) is 3. The number of carbonyl (C=O) groups is 1. The quantitative estimate of drug-likeness (QED) is 0.720. The van der Waals surface area contributed by atoms with Crippen molar-refractivity contribution < 1.29 is 14.3 Å². The van der Waals surface area contributed by atoms with Gasteiger partial charge in [0.25, 0.3) is 0 Å². The Kier molecular flexibility index (Phi) is 5.21. The van der Waals surface area contributed by atoms with Crippen molar-refractivity contribution in [3.05, 3.63) is 71.5 Å². The summed E-state index contributed by atoms with van der Waals surface area (Å²) in [5, 5.41) is 9.39. The van der Waals surface area contributed by atoms with Gasteiger partial charge in [-0.05, 0) is 50.6 Å². The molecule has 28 heavy (non-hydrogen) atoms. The van der Waals surface area contributed by atoms with E-state index >= 15 is 0 Å². The van der Waals surface area contributed by atoms with E-state index in [-0.39, 0.29) is 5.56 Å². The van der Waals surface area contributed by atoms with Crippen LogP contribution in [0.4, 0.5) is 0 Å². The van der Waals surface area contributed by atoms with Crippen LogP contribution in [-0.2, 0) is 6.54 Å². The van der Waals surface area contributed by atoms with Crippen molar-refractivity contribution >= 4 is 5.97 Å². The van der Waals surface area contributed by atoms with E-state index in [4.69, 9.17) is 4.42 Å². The summed E-state index contributed by atoms with van der Waals surface area (Å²) in [7, 11) is 0. The highest BCUT2D eigenvalue weighted by atomic mass is 16.4. The van der Waals surface area contributed by atoms with Crippen molar-refractivity contribution in [3.8, 4) is 11.3 Å². The maximum atomic E-state index is 11.5. The normalized spacial score (nSPS) is 17.5. The molecule has 6 nitrogen and oxygen atoms in total. The number of rotatable bonds is 5. The Hall–Kier alpha value is -2.99. The molecule has 2 aromatic heterocycles. The Morgan fingerprint density at radius 3 is 2.93 bits per heavy atom. The number of piperidine rings is 1. The molecule has 1 aliphatic heterocycles. The van der Waals surface area contributed by atoms with Crippen molar-refractivity contribution in [2.24, 2.45) is 0 Å². The smallest absolute Gasteiger partial charge is 0.336 e. The predicted molar refractivity (Wildman–Crippen MR) is 105 cm³/mol. The number of hydrogen-bond acceptors (Lipinski definition) is 5. The molecular formula is C22H23N3O3. The number of aromatic nitrogens is 2. The van der Waals surface area contributed by atoms with Gasteiger partial charge in [0, 0.05) is 29.9 Å². The van der Waals surface area contributed by atoms with Gasteiger partial charge in [0.2, 0.25) is 0 Å². The van der Waals surface area contributed by atoms with E-state index in [0.29, 0.717) is 23.8 Å². The highest BCUT2D eigenvalue weighted by molar-refractivity contribution is 5.95. The van der Waals surface area contributed by atoms with Crippen LogP contribution in [0.15, 0.2) is 53.1 Å². The Bertz CT molecular complexity index is 982.